The van der Waals surface area contributed by atoms with E-state index in [4.69, 9.17) is 5.11 Å². The lowest BCUT2D eigenvalue weighted by molar-refractivity contribution is 0.0674. The largest absolute Gasteiger partial charge is 0.477 e. The molecule has 0 fully saturated rings. The van der Waals surface area contributed by atoms with Crippen LogP contribution in [0.25, 0.3) is 0 Å². The minimum Gasteiger partial charge on any atom is -0.477 e. The highest BCUT2D eigenvalue weighted by molar-refractivity contribution is 6.02. The fraction of sp³-hybridized carbons (Fsp3) is 0.214. The van der Waals surface area contributed by atoms with Crippen molar-refractivity contribution in [1.82, 2.24) is 14.9 Å². The third-order valence-electron chi connectivity index (χ3n) is 2.90. The number of hydrogen-bond donors (Lipinski definition) is 2. The number of rotatable bonds is 4. The summed E-state index contributed by atoms with van der Waals surface area (Å²) in [6, 6.07) is 7.79. The number of amides is 1. The molecule has 104 valence electrons. The normalized spacial score (nSPS) is 10.3. The van der Waals surface area contributed by atoms with E-state index in [1.165, 1.54) is 11.2 Å². The number of imidazole rings is 1. The van der Waals surface area contributed by atoms with Crippen molar-refractivity contribution in [1.29, 1.82) is 0 Å². The molecule has 0 spiro atoms. The summed E-state index contributed by atoms with van der Waals surface area (Å²) in [6.45, 7) is 2.37. The van der Waals surface area contributed by atoms with Gasteiger partial charge in [0.1, 0.15) is 0 Å². The molecular weight excluding hydrogens is 258 g/mol. The standard InChI is InChI=1S/C14H15N3O3/c1-9-4-3-5-10(6-9)7-17(2)13(18)11-12(14(19)20)16-8-15-11/h3-6,8H,7H2,1-2H3,(H,15,16)(H,19,20). The molecule has 1 aromatic carbocycles. The second-order valence-electron chi connectivity index (χ2n) is 4.58. The Morgan fingerprint density at radius 2 is 2.15 bits per heavy atom. The van der Waals surface area contributed by atoms with Crippen LogP contribution in [0.3, 0.4) is 0 Å². The molecule has 6 nitrogen and oxygen atoms in total. The first-order chi connectivity index (χ1) is 9.49. The van der Waals surface area contributed by atoms with E-state index in [9.17, 15) is 9.59 Å². The van der Waals surface area contributed by atoms with Gasteiger partial charge in [-0.05, 0) is 12.5 Å². The topological polar surface area (TPSA) is 86.3 Å². The summed E-state index contributed by atoms with van der Waals surface area (Å²) in [5.74, 6) is -1.63. The molecule has 6 heteroatoms. The van der Waals surface area contributed by atoms with Crippen molar-refractivity contribution in [3.05, 3.63) is 53.1 Å². The van der Waals surface area contributed by atoms with E-state index >= 15 is 0 Å². The summed E-state index contributed by atoms with van der Waals surface area (Å²) in [6.07, 6.45) is 1.21. The van der Waals surface area contributed by atoms with E-state index in [1.54, 1.807) is 7.05 Å². The van der Waals surface area contributed by atoms with Crippen molar-refractivity contribution in [3.63, 3.8) is 0 Å². The maximum atomic E-state index is 12.2. The predicted molar refractivity (Wildman–Crippen MR) is 72.5 cm³/mol. The number of hydrogen-bond acceptors (Lipinski definition) is 3. The van der Waals surface area contributed by atoms with Crippen LogP contribution in [-0.4, -0.2) is 38.9 Å². The molecule has 0 aliphatic heterocycles. The number of H-pyrrole nitrogens is 1. The first-order valence-electron chi connectivity index (χ1n) is 6.06. The van der Waals surface area contributed by atoms with Gasteiger partial charge < -0.3 is 15.0 Å². The minimum absolute atomic E-state index is 0.0762. The van der Waals surface area contributed by atoms with Gasteiger partial charge in [-0.1, -0.05) is 29.8 Å². The number of carboxylic acids is 1. The maximum absolute atomic E-state index is 12.2. The van der Waals surface area contributed by atoms with Gasteiger partial charge in [0.15, 0.2) is 11.4 Å². The number of aromatic nitrogens is 2. The lowest BCUT2D eigenvalue weighted by Crippen LogP contribution is -2.28. The quantitative estimate of drug-likeness (QED) is 0.887. The first kappa shape index (κ1) is 13.8. The minimum atomic E-state index is -1.20. The van der Waals surface area contributed by atoms with Gasteiger partial charge in [0.05, 0.1) is 6.33 Å². The molecule has 0 saturated carbocycles. The van der Waals surface area contributed by atoms with E-state index in [2.05, 4.69) is 9.97 Å². The zero-order valence-electron chi connectivity index (χ0n) is 11.3. The third-order valence-corrected chi connectivity index (χ3v) is 2.90. The molecule has 0 aliphatic rings. The second-order valence-corrected chi connectivity index (χ2v) is 4.58. The molecule has 1 aromatic heterocycles. The lowest BCUT2D eigenvalue weighted by atomic mass is 10.1. The third kappa shape index (κ3) is 2.85. The number of carbonyl (C=O) groups excluding carboxylic acids is 1. The highest BCUT2D eigenvalue weighted by atomic mass is 16.4. The molecule has 0 radical (unpaired) electrons. The van der Waals surface area contributed by atoms with Gasteiger partial charge >= 0.3 is 5.97 Å². The van der Waals surface area contributed by atoms with Crippen LogP contribution >= 0.6 is 0 Å². The van der Waals surface area contributed by atoms with Crippen molar-refractivity contribution in [2.45, 2.75) is 13.5 Å². The van der Waals surface area contributed by atoms with E-state index < -0.39 is 11.9 Å². The number of aryl methyl sites for hydroxylation is 1. The van der Waals surface area contributed by atoms with Crippen molar-refractivity contribution in [3.8, 4) is 0 Å². The van der Waals surface area contributed by atoms with Crippen molar-refractivity contribution in [2.75, 3.05) is 7.05 Å². The second kappa shape index (κ2) is 5.56. The van der Waals surface area contributed by atoms with Gasteiger partial charge in [0.25, 0.3) is 5.91 Å². The zero-order valence-corrected chi connectivity index (χ0v) is 11.3. The van der Waals surface area contributed by atoms with Crippen molar-refractivity contribution >= 4 is 11.9 Å². The average Bonchev–Trinajstić information content (AvgIpc) is 2.87. The molecule has 20 heavy (non-hydrogen) atoms. The van der Waals surface area contributed by atoms with Crippen LogP contribution in [0.2, 0.25) is 0 Å². The van der Waals surface area contributed by atoms with Crippen LogP contribution in [0.5, 0.6) is 0 Å². The van der Waals surface area contributed by atoms with Gasteiger partial charge in [-0.3, -0.25) is 4.79 Å². The number of carboxylic acid groups (broad SMARTS) is 1. The van der Waals surface area contributed by atoms with E-state index in [1.807, 2.05) is 31.2 Å². The van der Waals surface area contributed by atoms with Gasteiger partial charge in [-0.2, -0.15) is 0 Å². The summed E-state index contributed by atoms with van der Waals surface area (Å²) < 4.78 is 0. The van der Waals surface area contributed by atoms with Crippen LogP contribution in [0, 0.1) is 6.92 Å². The fourth-order valence-electron chi connectivity index (χ4n) is 1.96. The Labute approximate surface area is 116 Å². The number of benzene rings is 1. The van der Waals surface area contributed by atoms with Crippen LogP contribution in [0.15, 0.2) is 30.6 Å². The fourth-order valence-corrected chi connectivity index (χ4v) is 1.96. The zero-order chi connectivity index (χ0) is 14.7. The maximum Gasteiger partial charge on any atom is 0.354 e. The number of nitrogens with one attached hydrogen (secondary N) is 1. The van der Waals surface area contributed by atoms with Gasteiger partial charge in [0, 0.05) is 13.6 Å². The van der Waals surface area contributed by atoms with Crippen LogP contribution in [-0.2, 0) is 6.54 Å². The molecule has 0 saturated heterocycles. The molecule has 2 aromatic rings. The summed E-state index contributed by atoms with van der Waals surface area (Å²) in [5.41, 5.74) is 1.82. The Morgan fingerprint density at radius 1 is 1.40 bits per heavy atom. The number of nitrogens with zero attached hydrogens (tertiary/aromatic N) is 2. The molecule has 2 rings (SSSR count). The number of aromatic carboxylic acids is 1. The molecule has 2 N–H and O–H groups in total. The Bertz CT molecular complexity index is 649. The summed E-state index contributed by atoms with van der Waals surface area (Å²) in [5, 5.41) is 8.97. The van der Waals surface area contributed by atoms with Crippen molar-refractivity contribution in [2.24, 2.45) is 0 Å². The highest BCUT2D eigenvalue weighted by Crippen LogP contribution is 2.11. The molecule has 1 heterocycles. The summed E-state index contributed by atoms with van der Waals surface area (Å²) in [4.78, 5) is 30.9. The molecule has 0 atom stereocenters. The molecular formula is C14H15N3O3. The average molecular weight is 273 g/mol. The Morgan fingerprint density at radius 3 is 2.80 bits per heavy atom. The lowest BCUT2D eigenvalue weighted by Gasteiger charge is -2.16. The predicted octanol–water partition coefficient (Wildman–Crippen LogP) is 1.69. The molecule has 0 bridgehead atoms. The van der Waals surface area contributed by atoms with Gasteiger partial charge in [-0.15, -0.1) is 0 Å². The summed E-state index contributed by atoms with van der Waals surface area (Å²) >= 11 is 0. The Kier molecular flexibility index (Phi) is 3.84. The smallest absolute Gasteiger partial charge is 0.354 e. The van der Waals surface area contributed by atoms with Crippen LogP contribution in [0.4, 0.5) is 0 Å². The highest BCUT2D eigenvalue weighted by Gasteiger charge is 2.22. The molecule has 1 amide bonds. The Hall–Kier alpha value is -2.63. The first-order valence-corrected chi connectivity index (χ1v) is 6.06. The monoisotopic (exact) mass is 273 g/mol. The molecule has 0 unspecified atom stereocenters. The van der Waals surface area contributed by atoms with E-state index in [0.717, 1.165) is 11.1 Å². The van der Waals surface area contributed by atoms with E-state index in [-0.39, 0.29) is 11.4 Å². The summed E-state index contributed by atoms with van der Waals surface area (Å²) in [7, 11) is 1.62. The molecule has 0 aliphatic carbocycles. The SMILES string of the molecule is Cc1cccc(CN(C)C(=O)c2nc[nH]c2C(=O)O)c1. The van der Waals surface area contributed by atoms with Crippen LogP contribution < -0.4 is 0 Å². The van der Waals surface area contributed by atoms with Gasteiger partial charge in [-0.25, -0.2) is 9.78 Å². The van der Waals surface area contributed by atoms with Crippen LogP contribution in [0.1, 0.15) is 32.1 Å². The number of aromatic amines is 1. The van der Waals surface area contributed by atoms with Gasteiger partial charge in [0.2, 0.25) is 0 Å². The van der Waals surface area contributed by atoms with E-state index in [0.29, 0.717) is 6.54 Å². The Balaban J connectivity index is 2.16. The van der Waals surface area contributed by atoms with Crippen molar-refractivity contribution < 1.29 is 14.7 Å². The number of carbonyl (C=O) groups is 2.